The molecule has 2 unspecified atom stereocenters. The van der Waals surface area contributed by atoms with Crippen molar-refractivity contribution in [3.63, 3.8) is 0 Å². The van der Waals surface area contributed by atoms with Crippen molar-refractivity contribution < 1.29 is 0 Å². The summed E-state index contributed by atoms with van der Waals surface area (Å²) in [6.07, 6.45) is 10.6. The van der Waals surface area contributed by atoms with Crippen LogP contribution in [0.1, 0.15) is 92.8 Å². The summed E-state index contributed by atoms with van der Waals surface area (Å²) in [5.74, 6) is 1.78. The molecule has 1 saturated carbocycles. The second kappa shape index (κ2) is 13.0. The predicted molar refractivity (Wildman–Crippen MR) is 216 cm³/mol. The van der Waals surface area contributed by atoms with E-state index in [1.807, 2.05) is 0 Å². The smallest absolute Gasteiger partial charge is 0.135 e. The average molecular weight is 675 g/mol. The quantitative estimate of drug-likeness (QED) is 0.176. The molecule has 2 heteroatoms. The molecule has 6 aromatic rings. The zero-order valence-electron chi connectivity index (χ0n) is 30.5. The number of fused-ring (bicyclic) bond motifs is 3. The predicted octanol–water partition coefficient (Wildman–Crippen LogP) is 12.9. The van der Waals surface area contributed by atoms with Crippen molar-refractivity contribution in [2.75, 3.05) is 0 Å². The van der Waals surface area contributed by atoms with Gasteiger partial charge in [0, 0.05) is 27.9 Å². The Bertz CT molecular complexity index is 2270. The second-order valence-electron chi connectivity index (χ2n) is 16.0. The molecule has 9 rings (SSSR count). The summed E-state index contributed by atoms with van der Waals surface area (Å²) in [6.45, 7) is 7.14. The zero-order valence-corrected chi connectivity index (χ0v) is 30.5. The van der Waals surface area contributed by atoms with Gasteiger partial charge in [0.05, 0.1) is 11.4 Å². The summed E-state index contributed by atoms with van der Waals surface area (Å²) in [5.41, 5.74) is 15.4. The zero-order chi connectivity index (χ0) is 35.3. The van der Waals surface area contributed by atoms with Gasteiger partial charge in [0.2, 0.25) is 0 Å². The number of allylic oxidation sites excluding steroid dienone is 4. The highest BCUT2D eigenvalue weighted by atomic mass is 14.9. The lowest BCUT2D eigenvalue weighted by atomic mass is 9.68. The third kappa shape index (κ3) is 5.85. The number of hydrogen-bond acceptors (Lipinski definition) is 2. The summed E-state index contributed by atoms with van der Waals surface area (Å²) in [6, 6.07) is 50.9. The monoisotopic (exact) mass is 674 g/mol. The molecule has 256 valence electrons. The molecule has 0 amide bonds. The SMILES string of the molecule is CC1(C)C2=CCC(c3cccc(-c4cccc(C5CCC[C@@](C)(c6nc(-c7ccccc7)cc(-c7ccccc7)n6)C5)c4)c3)C=C2c2ccccc21. The largest absolute Gasteiger partial charge is 0.232 e. The Kier molecular flexibility index (Phi) is 8.15. The van der Waals surface area contributed by atoms with Crippen molar-refractivity contribution in [2.45, 2.75) is 75.5 Å². The van der Waals surface area contributed by atoms with Crippen LogP contribution in [-0.2, 0) is 10.8 Å². The van der Waals surface area contributed by atoms with E-state index in [9.17, 15) is 0 Å². The van der Waals surface area contributed by atoms with Crippen molar-refractivity contribution in [1.82, 2.24) is 9.97 Å². The normalized spacial score (nSPS) is 21.8. The van der Waals surface area contributed by atoms with Crippen LogP contribution < -0.4 is 0 Å². The summed E-state index contributed by atoms with van der Waals surface area (Å²) in [4.78, 5) is 10.6. The van der Waals surface area contributed by atoms with Crippen LogP contribution in [0.4, 0.5) is 0 Å². The Morgan fingerprint density at radius 3 is 1.88 bits per heavy atom. The molecule has 52 heavy (non-hydrogen) atoms. The summed E-state index contributed by atoms with van der Waals surface area (Å²) < 4.78 is 0. The van der Waals surface area contributed by atoms with Crippen molar-refractivity contribution >= 4 is 5.57 Å². The van der Waals surface area contributed by atoms with E-state index in [0.717, 1.165) is 54.0 Å². The third-order valence-electron chi connectivity index (χ3n) is 12.2. The molecule has 2 nitrogen and oxygen atoms in total. The fourth-order valence-corrected chi connectivity index (χ4v) is 9.31. The maximum absolute atomic E-state index is 5.29. The molecule has 0 saturated heterocycles. The van der Waals surface area contributed by atoms with Gasteiger partial charge in [-0.1, -0.05) is 173 Å². The molecule has 5 aromatic carbocycles. The first-order chi connectivity index (χ1) is 25.4. The van der Waals surface area contributed by atoms with Gasteiger partial charge < -0.3 is 0 Å². The van der Waals surface area contributed by atoms with E-state index in [1.54, 1.807) is 0 Å². The van der Waals surface area contributed by atoms with E-state index in [4.69, 9.17) is 9.97 Å². The Morgan fingerprint density at radius 2 is 1.19 bits per heavy atom. The van der Waals surface area contributed by atoms with Crippen LogP contribution in [0.25, 0.3) is 39.2 Å². The second-order valence-corrected chi connectivity index (χ2v) is 16.0. The van der Waals surface area contributed by atoms with Crippen LogP contribution in [0.5, 0.6) is 0 Å². The third-order valence-corrected chi connectivity index (χ3v) is 12.2. The molecule has 0 bridgehead atoms. The molecule has 1 heterocycles. The van der Waals surface area contributed by atoms with Gasteiger partial charge in [-0.05, 0) is 82.2 Å². The Labute approximate surface area is 309 Å². The van der Waals surface area contributed by atoms with E-state index in [1.165, 1.54) is 50.9 Å². The van der Waals surface area contributed by atoms with E-state index in [0.29, 0.717) is 11.8 Å². The van der Waals surface area contributed by atoms with Crippen LogP contribution in [0, 0.1) is 0 Å². The van der Waals surface area contributed by atoms with Crippen LogP contribution >= 0.6 is 0 Å². The van der Waals surface area contributed by atoms with Crippen LogP contribution in [-0.4, -0.2) is 9.97 Å². The van der Waals surface area contributed by atoms with E-state index < -0.39 is 0 Å². The van der Waals surface area contributed by atoms with E-state index in [2.05, 4.69) is 172 Å². The van der Waals surface area contributed by atoms with Gasteiger partial charge in [-0.25, -0.2) is 9.97 Å². The van der Waals surface area contributed by atoms with Crippen molar-refractivity contribution in [1.29, 1.82) is 0 Å². The summed E-state index contributed by atoms with van der Waals surface area (Å²) >= 11 is 0. The van der Waals surface area contributed by atoms with Crippen molar-refractivity contribution in [2.24, 2.45) is 0 Å². The maximum Gasteiger partial charge on any atom is 0.135 e. The molecule has 0 radical (unpaired) electrons. The maximum atomic E-state index is 5.29. The van der Waals surface area contributed by atoms with Gasteiger partial charge >= 0.3 is 0 Å². The number of rotatable bonds is 6. The van der Waals surface area contributed by atoms with Gasteiger partial charge in [0.25, 0.3) is 0 Å². The number of aromatic nitrogens is 2. The number of benzene rings is 5. The van der Waals surface area contributed by atoms with Crippen molar-refractivity contribution in [3.8, 4) is 33.6 Å². The molecule has 0 spiro atoms. The van der Waals surface area contributed by atoms with Crippen LogP contribution in [0.2, 0.25) is 0 Å². The van der Waals surface area contributed by atoms with Gasteiger partial charge in [-0.3, -0.25) is 0 Å². The van der Waals surface area contributed by atoms with Crippen molar-refractivity contribution in [3.05, 3.63) is 185 Å². The first-order valence-electron chi connectivity index (χ1n) is 19.1. The average Bonchev–Trinajstić information content (AvgIpc) is 3.44. The topological polar surface area (TPSA) is 25.8 Å². The molecule has 3 atom stereocenters. The van der Waals surface area contributed by atoms with Crippen LogP contribution in [0.15, 0.2) is 157 Å². The van der Waals surface area contributed by atoms with E-state index >= 15 is 0 Å². The summed E-state index contributed by atoms with van der Waals surface area (Å²) in [7, 11) is 0. The van der Waals surface area contributed by atoms with E-state index in [-0.39, 0.29) is 10.8 Å². The minimum atomic E-state index is -0.124. The highest BCUT2D eigenvalue weighted by Gasteiger charge is 2.40. The molecule has 0 N–H and O–H groups in total. The van der Waals surface area contributed by atoms with Gasteiger partial charge in [-0.2, -0.15) is 0 Å². The molecular formula is C50H46N2. The molecule has 1 aromatic heterocycles. The molecule has 1 fully saturated rings. The highest BCUT2D eigenvalue weighted by molar-refractivity contribution is 5.91. The van der Waals surface area contributed by atoms with Gasteiger partial charge in [-0.15, -0.1) is 0 Å². The molecule has 0 aliphatic heterocycles. The number of nitrogens with zero attached hydrogens (tertiary/aromatic N) is 2. The Hall–Kier alpha value is -5.34. The first kappa shape index (κ1) is 32.6. The standard InChI is InChI=1S/C50H46N2/c1-49(2)44-25-11-10-24-42(44)43-31-40(26-27-45(43)49)38-21-12-19-36(29-38)37-20-13-22-39(30-37)41-23-14-28-50(3,33-41)48-51-46(34-15-6-4-7-16-34)32-47(52-48)35-17-8-5-9-18-35/h4-13,15-22,24-25,27,29-32,40-41H,14,23,26,28,33H2,1-3H3/t40?,41?,50-/m1/s1. The minimum absolute atomic E-state index is 0.0614. The molecular weight excluding hydrogens is 629 g/mol. The fraction of sp³-hybridized carbons (Fsp3) is 0.240. The Morgan fingerprint density at radius 1 is 0.596 bits per heavy atom. The molecule has 3 aliphatic carbocycles. The lowest BCUT2D eigenvalue weighted by molar-refractivity contribution is 0.274. The Balaban J connectivity index is 1.01. The van der Waals surface area contributed by atoms with Gasteiger partial charge in [0.15, 0.2) is 0 Å². The number of hydrogen-bond donors (Lipinski definition) is 0. The van der Waals surface area contributed by atoms with Gasteiger partial charge in [0.1, 0.15) is 5.82 Å². The first-order valence-corrected chi connectivity index (χ1v) is 19.1. The fourth-order valence-electron chi connectivity index (χ4n) is 9.31. The van der Waals surface area contributed by atoms with Crippen LogP contribution in [0.3, 0.4) is 0 Å². The summed E-state index contributed by atoms with van der Waals surface area (Å²) in [5, 5.41) is 0. The highest BCUT2D eigenvalue weighted by Crippen LogP contribution is 2.53. The lowest BCUT2D eigenvalue weighted by Gasteiger charge is -2.37. The lowest BCUT2D eigenvalue weighted by Crippen LogP contribution is -2.31. The molecule has 3 aliphatic rings. The minimum Gasteiger partial charge on any atom is -0.232 e.